The molecule has 0 spiro atoms. The molecule has 1 heterocycles. The van der Waals surface area contributed by atoms with Gasteiger partial charge in [0, 0.05) is 12.6 Å². The Hall–Kier alpha value is -0.830. The molecule has 0 saturated carbocycles. The molecule has 0 saturated heterocycles. The Morgan fingerprint density at radius 2 is 2.24 bits per heavy atom. The number of rotatable bonds is 4. The van der Waals surface area contributed by atoms with E-state index in [0.29, 0.717) is 16.4 Å². The summed E-state index contributed by atoms with van der Waals surface area (Å²) in [5, 5.41) is 21.9. The minimum absolute atomic E-state index is 0.00627. The van der Waals surface area contributed by atoms with Gasteiger partial charge in [0.25, 0.3) is 0 Å². The molecule has 4 nitrogen and oxygen atoms in total. The molecule has 94 valence electrons. The van der Waals surface area contributed by atoms with Gasteiger partial charge in [-0.25, -0.2) is 4.98 Å². The van der Waals surface area contributed by atoms with Gasteiger partial charge in [0.2, 0.25) is 0 Å². The van der Waals surface area contributed by atoms with Crippen LogP contribution in [0.25, 0.3) is 0 Å². The molecule has 0 aliphatic heterocycles. The minimum Gasteiger partial charge on any atom is -0.396 e. The van der Waals surface area contributed by atoms with E-state index in [0.717, 1.165) is 0 Å². The summed E-state index contributed by atoms with van der Waals surface area (Å²) in [5.74, 6) is 0. The standard InChI is InChI=1S/C11H16ClN3OS/c1-11(2,3)8(4-5-16)14-10-15-9(12)7(6-13)17-10/h8,16H,4-5H2,1-3H3,(H,14,15). The van der Waals surface area contributed by atoms with Crippen molar-refractivity contribution in [2.45, 2.75) is 33.2 Å². The summed E-state index contributed by atoms with van der Waals surface area (Å²) in [6.45, 7) is 6.36. The van der Waals surface area contributed by atoms with Crippen LogP contribution in [-0.2, 0) is 0 Å². The van der Waals surface area contributed by atoms with Crippen LogP contribution < -0.4 is 5.32 Å². The van der Waals surface area contributed by atoms with E-state index in [1.165, 1.54) is 11.3 Å². The number of hydrogen-bond acceptors (Lipinski definition) is 5. The average molecular weight is 274 g/mol. The Labute approximate surface area is 110 Å². The fourth-order valence-corrected chi connectivity index (χ4v) is 2.43. The van der Waals surface area contributed by atoms with E-state index in [4.69, 9.17) is 22.0 Å². The Morgan fingerprint density at radius 3 is 2.65 bits per heavy atom. The number of nitriles is 1. The molecule has 1 rings (SSSR count). The number of anilines is 1. The van der Waals surface area contributed by atoms with Crippen LogP contribution in [-0.4, -0.2) is 22.7 Å². The van der Waals surface area contributed by atoms with Crippen LogP contribution in [0.2, 0.25) is 5.15 Å². The van der Waals surface area contributed by atoms with Gasteiger partial charge in [0.1, 0.15) is 10.9 Å². The summed E-state index contributed by atoms with van der Waals surface area (Å²) in [6, 6.07) is 2.08. The molecular formula is C11H16ClN3OS. The fourth-order valence-electron chi connectivity index (χ4n) is 1.43. The van der Waals surface area contributed by atoms with Crippen LogP contribution in [0.15, 0.2) is 0 Å². The normalized spacial score (nSPS) is 13.2. The van der Waals surface area contributed by atoms with Gasteiger partial charge in [-0.3, -0.25) is 0 Å². The summed E-state index contributed by atoms with van der Waals surface area (Å²) in [4.78, 5) is 4.49. The molecule has 0 amide bonds. The van der Waals surface area contributed by atoms with Crippen LogP contribution >= 0.6 is 22.9 Å². The van der Waals surface area contributed by atoms with E-state index in [1.54, 1.807) is 0 Å². The Kier molecular flexibility index (Phi) is 4.75. The zero-order valence-electron chi connectivity index (χ0n) is 10.1. The van der Waals surface area contributed by atoms with Gasteiger partial charge in [-0.1, -0.05) is 43.7 Å². The van der Waals surface area contributed by atoms with Crippen molar-refractivity contribution in [1.82, 2.24) is 4.98 Å². The SMILES string of the molecule is CC(C)(C)C(CCO)Nc1nc(Cl)c(C#N)s1. The number of nitrogens with zero attached hydrogens (tertiary/aromatic N) is 2. The van der Waals surface area contributed by atoms with Crippen molar-refractivity contribution in [3.63, 3.8) is 0 Å². The van der Waals surface area contributed by atoms with Crippen LogP contribution in [0, 0.1) is 16.7 Å². The van der Waals surface area contributed by atoms with E-state index in [-0.39, 0.29) is 23.2 Å². The lowest BCUT2D eigenvalue weighted by Crippen LogP contribution is -2.34. The lowest BCUT2D eigenvalue weighted by atomic mass is 9.85. The largest absolute Gasteiger partial charge is 0.396 e. The Balaban J connectivity index is 2.83. The van der Waals surface area contributed by atoms with Crippen LogP contribution in [0.3, 0.4) is 0 Å². The highest BCUT2D eigenvalue weighted by Gasteiger charge is 2.25. The first-order valence-electron chi connectivity index (χ1n) is 5.32. The van der Waals surface area contributed by atoms with E-state index >= 15 is 0 Å². The summed E-state index contributed by atoms with van der Waals surface area (Å²) >= 11 is 7.04. The van der Waals surface area contributed by atoms with E-state index in [2.05, 4.69) is 31.1 Å². The lowest BCUT2D eigenvalue weighted by Gasteiger charge is -2.30. The molecule has 0 aromatic carbocycles. The summed E-state index contributed by atoms with van der Waals surface area (Å²) in [7, 11) is 0. The predicted octanol–water partition coefficient (Wildman–Crippen LogP) is 2.88. The van der Waals surface area contributed by atoms with Crippen LogP contribution in [0.1, 0.15) is 32.1 Å². The highest BCUT2D eigenvalue weighted by Crippen LogP contribution is 2.30. The summed E-state index contributed by atoms with van der Waals surface area (Å²) in [6.07, 6.45) is 0.628. The zero-order chi connectivity index (χ0) is 13.1. The second kappa shape index (κ2) is 5.67. The first kappa shape index (κ1) is 14.2. The zero-order valence-corrected chi connectivity index (χ0v) is 11.7. The van der Waals surface area contributed by atoms with Gasteiger partial charge in [-0.05, 0) is 11.8 Å². The van der Waals surface area contributed by atoms with Crippen molar-refractivity contribution < 1.29 is 5.11 Å². The number of halogens is 1. The van der Waals surface area contributed by atoms with E-state index < -0.39 is 0 Å². The van der Waals surface area contributed by atoms with E-state index in [9.17, 15) is 0 Å². The van der Waals surface area contributed by atoms with Crippen molar-refractivity contribution in [1.29, 1.82) is 5.26 Å². The van der Waals surface area contributed by atoms with Crippen molar-refractivity contribution in [3.05, 3.63) is 10.0 Å². The molecule has 1 atom stereocenters. The van der Waals surface area contributed by atoms with Crippen molar-refractivity contribution >= 4 is 28.1 Å². The van der Waals surface area contributed by atoms with Gasteiger partial charge < -0.3 is 10.4 Å². The number of hydrogen-bond donors (Lipinski definition) is 2. The minimum atomic E-state index is -0.00627. The van der Waals surface area contributed by atoms with Gasteiger partial charge in [0.05, 0.1) is 0 Å². The molecule has 0 radical (unpaired) electrons. The first-order valence-corrected chi connectivity index (χ1v) is 6.51. The smallest absolute Gasteiger partial charge is 0.185 e. The number of thiazole rings is 1. The van der Waals surface area contributed by atoms with Crippen molar-refractivity contribution in [3.8, 4) is 6.07 Å². The quantitative estimate of drug-likeness (QED) is 0.885. The second-order valence-electron chi connectivity index (χ2n) is 4.83. The molecule has 0 aliphatic carbocycles. The highest BCUT2D eigenvalue weighted by molar-refractivity contribution is 7.16. The maximum atomic E-state index is 9.05. The third-order valence-corrected chi connectivity index (χ3v) is 3.73. The molecule has 1 aromatic heterocycles. The molecule has 0 aliphatic rings. The number of aliphatic hydroxyl groups excluding tert-OH is 1. The van der Waals surface area contributed by atoms with E-state index in [1.807, 2.05) is 6.07 Å². The van der Waals surface area contributed by atoms with Crippen LogP contribution in [0.4, 0.5) is 5.13 Å². The predicted molar refractivity (Wildman–Crippen MR) is 70.4 cm³/mol. The monoisotopic (exact) mass is 273 g/mol. The topological polar surface area (TPSA) is 68.9 Å². The molecule has 0 fully saturated rings. The first-order chi connectivity index (χ1) is 7.88. The Bertz CT molecular complexity index is 419. The van der Waals surface area contributed by atoms with Crippen molar-refractivity contribution in [2.24, 2.45) is 5.41 Å². The maximum absolute atomic E-state index is 9.05. The number of aromatic nitrogens is 1. The summed E-state index contributed by atoms with van der Waals surface area (Å²) in [5.41, 5.74) is -0.00627. The van der Waals surface area contributed by atoms with Crippen molar-refractivity contribution in [2.75, 3.05) is 11.9 Å². The van der Waals surface area contributed by atoms with Gasteiger partial charge in [-0.15, -0.1) is 0 Å². The third kappa shape index (κ3) is 3.84. The molecule has 17 heavy (non-hydrogen) atoms. The highest BCUT2D eigenvalue weighted by atomic mass is 35.5. The molecule has 0 bridgehead atoms. The molecular weight excluding hydrogens is 258 g/mol. The van der Waals surface area contributed by atoms with Crippen LogP contribution in [0.5, 0.6) is 0 Å². The van der Waals surface area contributed by atoms with Gasteiger partial charge in [0.15, 0.2) is 10.3 Å². The van der Waals surface area contributed by atoms with Gasteiger partial charge >= 0.3 is 0 Å². The molecule has 1 aromatic rings. The third-order valence-electron chi connectivity index (χ3n) is 2.45. The Morgan fingerprint density at radius 1 is 1.59 bits per heavy atom. The van der Waals surface area contributed by atoms with Gasteiger partial charge in [-0.2, -0.15) is 5.26 Å². The summed E-state index contributed by atoms with van der Waals surface area (Å²) < 4.78 is 0. The lowest BCUT2D eigenvalue weighted by molar-refractivity contribution is 0.235. The molecule has 6 heteroatoms. The second-order valence-corrected chi connectivity index (χ2v) is 6.18. The average Bonchev–Trinajstić information content (AvgIpc) is 2.57. The molecule has 2 N–H and O–H groups in total. The fraction of sp³-hybridized carbons (Fsp3) is 0.636. The molecule has 1 unspecified atom stereocenters. The number of nitrogens with one attached hydrogen (secondary N) is 1. The maximum Gasteiger partial charge on any atom is 0.185 e. The number of aliphatic hydroxyl groups is 1.